The summed E-state index contributed by atoms with van der Waals surface area (Å²) in [5, 5.41) is -0.115. The van der Waals surface area contributed by atoms with Crippen LogP contribution in [0, 0.1) is 5.92 Å². The first kappa shape index (κ1) is 16.7. The predicted molar refractivity (Wildman–Crippen MR) is 94.6 cm³/mol. The summed E-state index contributed by atoms with van der Waals surface area (Å²) in [4.78, 5) is 2.42. The molecule has 2 aliphatic rings. The van der Waals surface area contributed by atoms with E-state index in [9.17, 15) is 8.42 Å². The number of hydrogen-bond donors (Lipinski definition) is 1. The van der Waals surface area contributed by atoms with E-state index in [1.807, 2.05) is 6.07 Å². The molecule has 1 aromatic carbocycles. The summed E-state index contributed by atoms with van der Waals surface area (Å²) in [6.07, 6.45) is 4.96. The molecule has 5 heteroatoms. The molecule has 0 unspecified atom stereocenters. The number of nitrogens with zero attached hydrogens (tertiary/aromatic N) is 1. The first-order valence-electron chi connectivity index (χ1n) is 8.46. The maximum absolute atomic E-state index is 11.9. The Morgan fingerprint density at radius 3 is 2.70 bits per heavy atom. The van der Waals surface area contributed by atoms with Crippen molar-refractivity contribution in [2.24, 2.45) is 5.92 Å². The minimum atomic E-state index is -3.04. The van der Waals surface area contributed by atoms with Gasteiger partial charge in [0.2, 0.25) is 10.0 Å². The van der Waals surface area contributed by atoms with Crippen LogP contribution < -0.4 is 4.72 Å². The fourth-order valence-corrected chi connectivity index (χ4v) is 4.65. The Morgan fingerprint density at radius 2 is 2.00 bits per heavy atom. The average Bonchev–Trinajstić information content (AvgIpc) is 3.29. The van der Waals surface area contributed by atoms with Crippen LogP contribution >= 0.6 is 0 Å². The molecule has 126 valence electrons. The summed E-state index contributed by atoms with van der Waals surface area (Å²) in [6.45, 7) is 5.75. The lowest BCUT2D eigenvalue weighted by Gasteiger charge is -2.17. The van der Waals surface area contributed by atoms with Crippen molar-refractivity contribution in [2.75, 3.05) is 26.2 Å². The van der Waals surface area contributed by atoms with Gasteiger partial charge in [-0.05, 0) is 44.2 Å². The first-order valence-corrected chi connectivity index (χ1v) is 10.0. The van der Waals surface area contributed by atoms with Crippen LogP contribution in [0.4, 0.5) is 0 Å². The molecule has 1 aromatic rings. The zero-order chi connectivity index (χ0) is 16.3. The molecule has 0 radical (unpaired) electrons. The Balaban J connectivity index is 1.45. The van der Waals surface area contributed by atoms with Crippen molar-refractivity contribution in [3.05, 3.63) is 41.5 Å². The van der Waals surface area contributed by atoms with Gasteiger partial charge in [0.1, 0.15) is 0 Å². The smallest absolute Gasteiger partial charge is 0.214 e. The molecule has 1 heterocycles. The zero-order valence-corrected chi connectivity index (χ0v) is 14.6. The normalized spacial score (nSPS) is 23.3. The standard InChI is InChI=1S/C18H26N2O2S/c1-15(11-16-5-3-2-4-6-16)13-20-10-9-17(14-20)12-19-23(21,22)18-7-8-18/h2-6,11,17-19H,7-10,12-14H2,1H3/b15-11+/t17-/m1/s1. The molecule has 1 N–H and O–H groups in total. The molecule has 4 nitrogen and oxygen atoms in total. The van der Waals surface area contributed by atoms with Gasteiger partial charge in [-0.15, -0.1) is 0 Å². The molecule has 0 bridgehead atoms. The van der Waals surface area contributed by atoms with E-state index < -0.39 is 10.0 Å². The SMILES string of the molecule is C/C(=C\c1ccccc1)CN1CC[C@H](CNS(=O)(=O)C2CC2)C1. The monoisotopic (exact) mass is 334 g/mol. The number of hydrogen-bond acceptors (Lipinski definition) is 3. The van der Waals surface area contributed by atoms with Gasteiger partial charge in [-0.3, -0.25) is 4.90 Å². The van der Waals surface area contributed by atoms with Crippen LogP contribution in [0.3, 0.4) is 0 Å². The number of likely N-dealkylation sites (tertiary alicyclic amines) is 1. The van der Waals surface area contributed by atoms with Crippen molar-refractivity contribution in [1.29, 1.82) is 0 Å². The molecule has 0 spiro atoms. The summed E-state index contributed by atoms with van der Waals surface area (Å²) in [6, 6.07) is 10.4. The molecule has 1 saturated carbocycles. The maximum Gasteiger partial charge on any atom is 0.214 e. The Kier molecular flexibility index (Phi) is 5.19. The Hall–Kier alpha value is -1.17. The second-order valence-corrected chi connectivity index (χ2v) is 8.93. The Bertz CT molecular complexity index is 651. The second kappa shape index (κ2) is 7.16. The summed E-state index contributed by atoms with van der Waals surface area (Å²) in [7, 11) is -3.04. The molecule has 1 aliphatic heterocycles. The van der Waals surface area contributed by atoms with Crippen LogP contribution in [0.1, 0.15) is 31.7 Å². The lowest BCUT2D eigenvalue weighted by molar-refractivity contribution is 0.351. The van der Waals surface area contributed by atoms with E-state index in [2.05, 4.69) is 46.9 Å². The van der Waals surface area contributed by atoms with Crippen LogP contribution in [0.2, 0.25) is 0 Å². The van der Waals surface area contributed by atoms with Gasteiger partial charge in [0.15, 0.2) is 0 Å². The number of benzene rings is 1. The number of rotatable bonds is 7. The van der Waals surface area contributed by atoms with Crippen LogP contribution in [-0.2, 0) is 10.0 Å². The van der Waals surface area contributed by atoms with Crippen LogP contribution in [0.5, 0.6) is 0 Å². The Morgan fingerprint density at radius 1 is 1.26 bits per heavy atom. The van der Waals surface area contributed by atoms with Gasteiger partial charge in [-0.1, -0.05) is 42.0 Å². The van der Waals surface area contributed by atoms with Crippen LogP contribution in [0.15, 0.2) is 35.9 Å². The van der Waals surface area contributed by atoms with Crippen molar-refractivity contribution >= 4 is 16.1 Å². The second-order valence-electron chi connectivity index (χ2n) is 6.88. The fourth-order valence-electron chi connectivity index (χ4n) is 3.19. The van der Waals surface area contributed by atoms with E-state index >= 15 is 0 Å². The van der Waals surface area contributed by atoms with Crippen molar-refractivity contribution in [1.82, 2.24) is 9.62 Å². The maximum atomic E-state index is 11.9. The van der Waals surface area contributed by atoms with Crippen molar-refractivity contribution in [3.8, 4) is 0 Å². The van der Waals surface area contributed by atoms with Gasteiger partial charge in [0.25, 0.3) is 0 Å². The fraction of sp³-hybridized carbons (Fsp3) is 0.556. The molecule has 1 atom stereocenters. The molecule has 0 amide bonds. The summed E-state index contributed by atoms with van der Waals surface area (Å²) < 4.78 is 26.6. The molecule has 23 heavy (non-hydrogen) atoms. The largest absolute Gasteiger partial charge is 0.299 e. The molecule has 1 saturated heterocycles. The first-order chi connectivity index (χ1) is 11.0. The van der Waals surface area contributed by atoms with E-state index in [-0.39, 0.29) is 5.25 Å². The molecular formula is C18H26N2O2S. The van der Waals surface area contributed by atoms with E-state index in [1.54, 1.807) is 0 Å². The average molecular weight is 334 g/mol. The highest BCUT2D eigenvalue weighted by Crippen LogP contribution is 2.27. The number of nitrogens with one attached hydrogen (secondary N) is 1. The molecular weight excluding hydrogens is 308 g/mol. The van der Waals surface area contributed by atoms with Gasteiger partial charge in [0.05, 0.1) is 5.25 Å². The predicted octanol–water partition coefficient (Wildman–Crippen LogP) is 2.49. The van der Waals surface area contributed by atoms with Crippen molar-refractivity contribution in [3.63, 3.8) is 0 Å². The van der Waals surface area contributed by atoms with Gasteiger partial charge in [-0.2, -0.15) is 0 Å². The van der Waals surface area contributed by atoms with E-state index in [1.165, 1.54) is 11.1 Å². The quantitative estimate of drug-likeness (QED) is 0.833. The topological polar surface area (TPSA) is 49.4 Å². The Labute approximate surface area is 139 Å². The summed E-state index contributed by atoms with van der Waals surface area (Å²) in [5.41, 5.74) is 2.58. The van der Waals surface area contributed by atoms with Gasteiger partial charge >= 0.3 is 0 Å². The molecule has 2 fully saturated rings. The van der Waals surface area contributed by atoms with Crippen molar-refractivity contribution in [2.45, 2.75) is 31.4 Å². The number of sulfonamides is 1. The lowest BCUT2D eigenvalue weighted by Crippen LogP contribution is -2.33. The van der Waals surface area contributed by atoms with E-state index in [0.717, 1.165) is 38.9 Å². The molecule has 0 aromatic heterocycles. The van der Waals surface area contributed by atoms with Gasteiger partial charge in [-0.25, -0.2) is 13.1 Å². The lowest BCUT2D eigenvalue weighted by atomic mass is 10.1. The summed E-state index contributed by atoms with van der Waals surface area (Å²) >= 11 is 0. The summed E-state index contributed by atoms with van der Waals surface area (Å²) in [5.74, 6) is 0.438. The van der Waals surface area contributed by atoms with Crippen LogP contribution in [-0.4, -0.2) is 44.7 Å². The highest BCUT2D eigenvalue weighted by Gasteiger charge is 2.36. The third-order valence-corrected chi connectivity index (χ3v) is 6.51. The molecule has 3 rings (SSSR count). The minimum Gasteiger partial charge on any atom is -0.299 e. The molecule has 1 aliphatic carbocycles. The van der Waals surface area contributed by atoms with E-state index in [0.29, 0.717) is 12.5 Å². The third kappa shape index (κ3) is 4.90. The zero-order valence-electron chi connectivity index (χ0n) is 13.7. The van der Waals surface area contributed by atoms with Gasteiger partial charge in [0, 0.05) is 19.6 Å². The van der Waals surface area contributed by atoms with E-state index in [4.69, 9.17) is 0 Å². The highest BCUT2D eigenvalue weighted by molar-refractivity contribution is 7.90. The van der Waals surface area contributed by atoms with Crippen LogP contribution in [0.25, 0.3) is 6.08 Å². The van der Waals surface area contributed by atoms with Crippen molar-refractivity contribution < 1.29 is 8.42 Å². The van der Waals surface area contributed by atoms with Gasteiger partial charge < -0.3 is 0 Å². The third-order valence-electron chi connectivity index (χ3n) is 4.59. The highest BCUT2D eigenvalue weighted by atomic mass is 32.2. The minimum absolute atomic E-state index is 0.115.